The van der Waals surface area contributed by atoms with Gasteiger partial charge in [0.25, 0.3) is 5.91 Å². The zero-order chi connectivity index (χ0) is 7.84. The lowest BCUT2D eigenvalue weighted by molar-refractivity contribution is 0.0961. The molecule has 0 unspecified atom stereocenters. The van der Waals surface area contributed by atoms with Crippen LogP contribution in [0.25, 0.3) is 0 Å². The summed E-state index contributed by atoms with van der Waals surface area (Å²) in [7, 11) is 0. The number of fused-ring (bicyclic) bond motifs is 1. The van der Waals surface area contributed by atoms with Crippen molar-refractivity contribution in [3.63, 3.8) is 0 Å². The molecule has 0 radical (unpaired) electrons. The van der Waals surface area contributed by atoms with Gasteiger partial charge in [0.1, 0.15) is 11.5 Å². The van der Waals surface area contributed by atoms with E-state index in [-0.39, 0.29) is 5.91 Å². The molecule has 1 amide bonds. The first-order chi connectivity index (χ1) is 5.27. The molecule has 4 heteroatoms. The number of aromatic nitrogens is 2. The van der Waals surface area contributed by atoms with E-state index in [0.717, 1.165) is 5.56 Å². The Balaban J connectivity index is 2.60. The van der Waals surface area contributed by atoms with Crippen LogP contribution in [0.15, 0.2) is 6.20 Å². The second-order valence-corrected chi connectivity index (χ2v) is 2.47. The number of carbonyl (C=O) groups is 1. The number of hydrogen-bond donors (Lipinski definition) is 1. The van der Waals surface area contributed by atoms with Gasteiger partial charge in [-0.25, -0.2) is 9.97 Å². The Labute approximate surface area is 63.7 Å². The fourth-order valence-electron chi connectivity index (χ4n) is 1.08. The number of nitrogens with zero attached hydrogens (tertiary/aromatic N) is 2. The monoisotopic (exact) mass is 149 g/mol. The molecule has 2 rings (SSSR count). The smallest absolute Gasteiger partial charge is 0.270 e. The molecule has 0 saturated carbocycles. The molecule has 0 atom stereocenters. The van der Waals surface area contributed by atoms with Crippen molar-refractivity contribution in [3.05, 3.63) is 23.3 Å². The molecule has 0 spiro atoms. The predicted molar refractivity (Wildman–Crippen MR) is 37.9 cm³/mol. The number of hydrogen-bond acceptors (Lipinski definition) is 3. The van der Waals surface area contributed by atoms with Crippen LogP contribution in [-0.4, -0.2) is 15.9 Å². The standard InChI is InChI=1S/C7H7N3O/c1-4-8-2-5-3-9-7(11)6(5)10-4/h2H,3H2,1H3,(H,9,11). The summed E-state index contributed by atoms with van der Waals surface area (Å²) in [6, 6.07) is 0. The van der Waals surface area contributed by atoms with E-state index in [0.29, 0.717) is 18.1 Å². The molecule has 11 heavy (non-hydrogen) atoms. The van der Waals surface area contributed by atoms with Crippen LogP contribution in [0.2, 0.25) is 0 Å². The maximum Gasteiger partial charge on any atom is 0.270 e. The van der Waals surface area contributed by atoms with Crippen molar-refractivity contribution < 1.29 is 4.79 Å². The predicted octanol–water partition coefficient (Wildman–Crippen LogP) is 0.0284. The van der Waals surface area contributed by atoms with E-state index in [4.69, 9.17) is 0 Å². The molecular weight excluding hydrogens is 142 g/mol. The average molecular weight is 149 g/mol. The molecule has 1 aromatic rings. The van der Waals surface area contributed by atoms with Crippen LogP contribution in [0, 0.1) is 6.92 Å². The van der Waals surface area contributed by atoms with Gasteiger partial charge in [0.05, 0.1) is 0 Å². The van der Waals surface area contributed by atoms with Crippen molar-refractivity contribution in [3.8, 4) is 0 Å². The molecule has 0 aromatic carbocycles. The second kappa shape index (κ2) is 2.02. The third kappa shape index (κ3) is 0.869. The van der Waals surface area contributed by atoms with E-state index in [1.807, 2.05) is 0 Å². The highest BCUT2D eigenvalue weighted by Crippen LogP contribution is 2.10. The first-order valence-electron chi connectivity index (χ1n) is 3.38. The Bertz CT molecular complexity index is 321. The lowest BCUT2D eigenvalue weighted by Gasteiger charge is -1.93. The summed E-state index contributed by atoms with van der Waals surface area (Å²) in [4.78, 5) is 19.0. The van der Waals surface area contributed by atoms with E-state index in [9.17, 15) is 4.79 Å². The Morgan fingerprint density at radius 3 is 3.27 bits per heavy atom. The molecule has 2 heterocycles. The summed E-state index contributed by atoms with van der Waals surface area (Å²) in [6.07, 6.45) is 1.69. The minimum atomic E-state index is -0.0921. The van der Waals surface area contributed by atoms with Crippen molar-refractivity contribution in [1.82, 2.24) is 15.3 Å². The molecule has 0 saturated heterocycles. The van der Waals surface area contributed by atoms with Crippen molar-refractivity contribution in [2.45, 2.75) is 13.5 Å². The normalized spacial score (nSPS) is 14.5. The van der Waals surface area contributed by atoms with Gasteiger partial charge in [0.2, 0.25) is 0 Å². The first-order valence-corrected chi connectivity index (χ1v) is 3.38. The van der Waals surface area contributed by atoms with Gasteiger partial charge in [0, 0.05) is 18.3 Å². The van der Waals surface area contributed by atoms with Crippen LogP contribution in [0.3, 0.4) is 0 Å². The lowest BCUT2D eigenvalue weighted by Crippen LogP contribution is -2.13. The highest BCUT2D eigenvalue weighted by Gasteiger charge is 2.20. The Hall–Kier alpha value is -1.45. The van der Waals surface area contributed by atoms with E-state index < -0.39 is 0 Å². The van der Waals surface area contributed by atoms with Crippen molar-refractivity contribution >= 4 is 5.91 Å². The van der Waals surface area contributed by atoms with Gasteiger partial charge in [-0.3, -0.25) is 4.79 Å². The van der Waals surface area contributed by atoms with Crippen molar-refractivity contribution in [2.24, 2.45) is 0 Å². The minimum absolute atomic E-state index is 0.0921. The van der Waals surface area contributed by atoms with Gasteiger partial charge >= 0.3 is 0 Å². The molecule has 0 bridgehead atoms. The third-order valence-electron chi connectivity index (χ3n) is 1.64. The molecular formula is C7H7N3O. The van der Waals surface area contributed by atoms with Gasteiger partial charge in [-0.05, 0) is 6.92 Å². The largest absolute Gasteiger partial charge is 0.346 e. The number of aryl methyl sites for hydroxylation is 1. The number of rotatable bonds is 0. The fourth-order valence-corrected chi connectivity index (χ4v) is 1.08. The minimum Gasteiger partial charge on any atom is -0.346 e. The van der Waals surface area contributed by atoms with Gasteiger partial charge in [-0.15, -0.1) is 0 Å². The third-order valence-corrected chi connectivity index (χ3v) is 1.64. The molecule has 1 aliphatic heterocycles. The lowest BCUT2D eigenvalue weighted by atomic mass is 10.3. The highest BCUT2D eigenvalue weighted by atomic mass is 16.2. The number of amides is 1. The Morgan fingerprint density at radius 1 is 1.64 bits per heavy atom. The second-order valence-electron chi connectivity index (χ2n) is 2.47. The van der Waals surface area contributed by atoms with Crippen molar-refractivity contribution in [1.29, 1.82) is 0 Å². The summed E-state index contributed by atoms with van der Waals surface area (Å²) in [6.45, 7) is 2.33. The van der Waals surface area contributed by atoms with Gasteiger partial charge in [-0.1, -0.05) is 0 Å². The highest BCUT2D eigenvalue weighted by molar-refractivity contribution is 5.96. The van der Waals surface area contributed by atoms with Crippen molar-refractivity contribution in [2.75, 3.05) is 0 Å². The van der Waals surface area contributed by atoms with Crippen LogP contribution in [-0.2, 0) is 6.54 Å². The summed E-state index contributed by atoms with van der Waals surface area (Å²) in [5.41, 5.74) is 1.41. The molecule has 1 N–H and O–H groups in total. The summed E-state index contributed by atoms with van der Waals surface area (Å²) >= 11 is 0. The molecule has 1 aliphatic rings. The quantitative estimate of drug-likeness (QED) is 0.566. The maximum absolute atomic E-state index is 11.0. The van der Waals surface area contributed by atoms with Gasteiger partial charge in [-0.2, -0.15) is 0 Å². The SMILES string of the molecule is Cc1ncc2c(n1)C(=O)NC2. The van der Waals surface area contributed by atoms with Gasteiger partial charge in [0.15, 0.2) is 0 Å². The molecule has 0 fully saturated rings. The Morgan fingerprint density at radius 2 is 2.45 bits per heavy atom. The van der Waals surface area contributed by atoms with Crippen LogP contribution in [0.5, 0.6) is 0 Å². The molecule has 4 nitrogen and oxygen atoms in total. The summed E-state index contributed by atoms with van der Waals surface area (Å²) < 4.78 is 0. The van der Waals surface area contributed by atoms with Gasteiger partial charge < -0.3 is 5.32 Å². The fraction of sp³-hybridized carbons (Fsp3) is 0.286. The van der Waals surface area contributed by atoms with E-state index >= 15 is 0 Å². The first kappa shape index (κ1) is 6.27. The van der Waals surface area contributed by atoms with Crippen LogP contribution in [0.4, 0.5) is 0 Å². The molecule has 56 valence electrons. The molecule has 1 aromatic heterocycles. The number of carbonyl (C=O) groups excluding carboxylic acids is 1. The average Bonchev–Trinajstić information content (AvgIpc) is 2.33. The van der Waals surface area contributed by atoms with E-state index in [1.165, 1.54) is 0 Å². The van der Waals surface area contributed by atoms with Crippen LogP contribution >= 0.6 is 0 Å². The summed E-state index contributed by atoms with van der Waals surface area (Å²) in [5.74, 6) is 0.548. The zero-order valence-corrected chi connectivity index (χ0v) is 6.09. The molecule has 0 aliphatic carbocycles. The van der Waals surface area contributed by atoms with Crippen LogP contribution in [0.1, 0.15) is 21.9 Å². The van der Waals surface area contributed by atoms with E-state index in [1.54, 1.807) is 13.1 Å². The Kier molecular flexibility index (Phi) is 1.15. The zero-order valence-electron chi connectivity index (χ0n) is 6.09. The summed E-state index contributed by atoms with van der Waals surface area (Å²) in [5, 5.41) is 2.67. The maximum atomic E-state index is 11.0. The number of nitrogens with one attached hydrogen (secondary N) is 1. The van der Waals surface area contributed by atoms with Crippen LogP contribution < -0.4 is 5.32 Å². The van der Waals surface area contributed by atoms with E-state index in [2.05, 4.69) is 15.3 Å². The topological polar surface area (TPSA) is 54.9 Å².